The maximum absolute atomic E-state index is 12.3. The van der Waals surface area contributed by atoms with Crippen LogP contribution in [0.3, 0.4) is 0 Å². The largest absolute Gasteiger partial charge is 0.364 e. The van der Waals surface area contributed by atoms with Crippen molar-refractivity contribution in [1.82, 2.24) is 9.78 Å². The molecule has 1 aromatic heterocycles. The Morgan fingerprint density at radius 3 is 2.37 bits per heavy atom. The van der Waals surface area contributed by atoms with Gasteiger partial charge in [-0.2, -0.15) is 5.10 Å². The predicted molar refractivity (Wildman–Crippen MR) is 113 cm³/mol. The number of amides is 1. The Kier molecular flexibility index (Phi) is 6.68. The molecule has 1 amide bonds. The molecule has 0 bridgehead atoms. The third-order valence-corrected chi connectivity index (χ3v) is 4.58. The van der Waals surface area contributed by atoms with Crippen molar-refractivity contribution in [3.63, 3.8) is 0 Å². The van der Waals surface area contributed by atoms with Gasteiger partial charge in [0.2, 0.25) is 5.91 Å². The second kappa shape index (κ2) is 8.59. The topological polar surface area (TPSA) is 50.2 Å². The average molecular weight is 371 g/mol. The first-order chi connectivity index (χ1) is 12.7. The second-order valence-electron chi connectivity index (χ2n) is 8.21. The molecule has 1 aliphatic heterocycles. The van der Waals surface area contributed by atoms with Crippen molar-refractivity contribution < 1.29 is 4.79 Å². The number of benzene rings is 1. The van der Waals surface area contributed by atoms with E-state index in [0.29, 0.717) is 6.42 Å². The number of fused-ring (bicyclic) bond motifs is 1. The molecule has 5 nitrogen and oxygen atoms in total. The van der Waals surface area contributed by atoms with Crippen LogP contribution in [0.2, 0.25) is 0 Å². The molecule has 148 valence electrons. The van der Waals surface area contributed by atoms with Gasteiger partial charge in [0, 0.05) is 30.5 Å². The molecule has 1 N–H and O–H groups in total. The van der Waals surface area contributed by atoms with E-state index in [-0.39, 0.29) is 11.3 Å². The molecule has 0 unspecified atom stereocenters. The molecule has 1 aromatic carbocycles. The number of hydrogen-bond acceptors (Lipinski definition) is 3. The van der Waals surface area contributed by atoms with E-state index >= 15 is 0 Å². The Balaban J connectivity index is 0.00000126. The van der Waals surface area contributed by atoms with Crippen molar-refractivity contribution >= 4 is 17.3 Å². The normalized spacial score (nSPS) is 13.5. The number of rotatable bonds is 3. The van der Waals surface area contributed by atoms with Gasteiger partial charge in [0.15, 0.2) is 0 Å². The molecule has 2 heterocycles. The van der Waals surface area contributed by atoms with Crippen molar-refractivity contribution in [3.8, 4) is 0 Å². The molecule has 0 atom stereocenters. The Bertz CT molecular complexity index is 763. The van der Waals surface area contributed by atoms with E-state index in [9.17, 15) is 4.79 Å². The Morgan fingerprint density at radius 1 is 1.15 bits per heavy atom. The summed E-state index contributed by atoms with van der Waals surface area (Å²) in [6.07, 6.45) is 2.38. The summed E-state index contributed by atoms with van der Waals surface area (Å²) in [5.74, 6) is 0.0772. The SMILES string of the molecule is CC.Cc1cc(N2CCn3nccc3C2)cc(C)c1NC(=O)CC(C)(C)C. The molecule has 3 rings (SSSR count). The van der Waals surface area contributed by atoms with Crippen LogP contribution in [-0.2, 0) is 17.9 Å². The van der Waals surface area contributed by atoms with E-state index in [1.54, 1.807) is 0 Å². The Labute approximate surface area is 163 Å². The van der Waals surface area contributed by atoms with Gasteiger partial charge in [-0.05, 0) is 48.6 Å². The lowest BCUT2D eigenvalue weighted by molar-refractivity contribution is -0.117. The number of anilines is 2. The summed E-state index contributed by atoms with van der Waals surface area (Å²) < 4.78 is 2.07. The Morgan fingerprint density at radius 2 is 1.78 bits per heavy atom. The number of carbonyl (C=O) groups excluding carboxylic acids is 1. The van der Waals surface area contributed by atoms with Gasteiger partial charge in [-0.1, -0.05) is 34.6 Å². The third-order valence-electron chi connectivity index (χ3n) is 4.58. The standard InChI is InChI=1S/C20H28N4O.C2H6/c1-14-10-17(23-8-9-24-16(13-23)6-7-21-24)11-15(2)19(14)22-18(25)12-20(3,4)5;1-2/h6-7,10-11H,8-9,12-13H2,1-5H3,(H,22,25);1-2H3. The lowest BCUT2D eigenvalue weighted by Gasteiger charge is -2.30. The van der Waals surface area contributed by atoms with Crippen molar-refractivity contribution in [1.29, 1.82) is 0 Å². The summed E-state index contributed by atoms with van der Waals surface area (Å²) in [4.78, 5) is 14.7. The molecule has 0 fully saturated rings. The van der Waals surface area contributed by atoms with E-state index in [0.717, 1.165) is 36.4 Å². The number of nitrogens with one attached hydrogen (secondary N) is 1. The summed E-state index contributed by atoms with van der Waals surface area (Å²) >= 11 is 0. The highest BCUT2D eigenvalue weighted by Crippen LogP contribution is 2.30. The first-order valence-electron chi connectivity index (χ1n) is 9.90. The minimum Gasteiger partial charge on any atom is -0.364 e. The number of hydrogen-bond donors (Lipinski definition) is 1. The first-order valence-corrected chi connectivity index (χ1v) is 9.90. The quantitative estimate of drug-likeness (QED) is 0.834. The maximum Gasteiger partial charge on any atom is 0.224 e. The van der Waals surface area contributed by atoms with Crippen LogP contribution in [0, 0.1) is 19.3 Å². The summed E-state index contributed by atoms with van der Waals surface area (Å²) in [7, 11) is 0. The zero-order valence-corrected chi connectivity index (χ0v) is 17.9. The molecule has 0 spiro atoms. The van der Waals surface area contributed by atoms with E-state index in [2.05, 4.69) is 72.8 Å². The predicted octanol–water partition coefficient (Wildman–Crippen LogP) is 4.92. The highest BCUT2D eigenvalue weighted by Gasteiger charge is 2.20. The molecule has 5 heteroatoms. The van der Waals surface area contributed by atoms with Crippen LogP contribution in [0.5, 0.6) is 0 Å². The van der Waals surface area contributed by atoms with Crippen LogP contribution in [-0.4, -0.2) is 22.2 Å². The molecule has 27 heavy (non-hydrogen) atoms. The van der Waals surface area contributed by atoms with Gasteiger partial charge in [-0.25, -0.2) is 0 Å². The summed E-state index contributed by atoms with van der Waals surface area (Å²) in [6, 6.07) is 6.42. The summed E-state index contributed by atoms with van der Waals surface area (Å²) in [5, 5.41) is 7.44. The smallest absolute Gasteiger partial charge is 0.224 e. The average Bonchev–Trinajstić information content (AvgIpc) is 3.06. The van der Waals surface area contributed by atoms with Crippen LogP contribution in [0.1, 0.15) is 57.9 Å². The van der Waals surface area contributed by atoms with Gasteiger partial charge < -0.3 is 10.2 Å². The van der Waals surface area contributed by atoms with Gasteiger partial charge >= 0.3 is 0 Å². The molecule has 0 saturated carbocycles. The zero-order valence-electron chi connectivity index (χ0n) is 17.9. The molecule has 0 aliphatic carbocycles. The molecule has 2 aromatic rings. The monoisotopic (exact) mass is 370 g/mol. The van der Waals surface area contributed by atoms with Crippen molar-refractivity contribution in [2.24, 2.45) is 5.41 Å². The van der Waals surface area contributed by atoms with Crippen molar-refractivity contribution in [3.05, 3.63) is 41.2 Å². The van der Waals surface area contributed by atoms with E-state index in [1.165, 1.54) is 11.4 Å². The molecule has 0 radical (unpaired) electrons. The van der Waals surface area contributed by atoms with Gasteiger partial charge in [0.25, 0.3) is 0 Å². The van der Waals surface area contributed by atoms with Crippen molar-refractivity contribution in [2.45, 2.75) is 68.0 Å². The van der Waals surface area contributed by atoms with E-state index in [1.807, 2.05) is 20.0 Å². The van der Waals surface area contributed by atoms with E-state index in [4.69, 9.17) is 0 Å². The molecule has 0 saturated heterocycles. The molecular formula is C22H34N4O. The fourth-order valence-corrected chi connectivity index (χ4v) is 3.39. The first kappa shape index (κ1) is 21.0. The highest BCUT2D eigenvalue weighted by molar-refractivity contribution is 5.93. The number of nitrogens with zero attached hydrogens (tertiary/aromatic N) is 3. The van der Waals surface area contributed by atoms with Crippen LogP contribution < -0.4 is 10.2 Å². The highest BCUT2D eigenvalue weighted by atomic mass is 16.1. The number of aryl methyl sites for hydroxylation is 2. The summed E-state index contributed by atoms with van der Waals surface area (Å²) in [5.41, 5.74) is 5.59. The zero-order chi connectivity index (χ0) is 20.2. The number of aromatic nitrogens is 2. The van der Waals surface area contributed by atoms with Crippen LogP contribution >= 0.6 is 0 Å². The van der Waals surface area contributed by atoms with E-state index < -0.39 is 0 Å². The van der Waals surface area contributed by atoms with Gasteiger partial charge in [0.05, 0.1) is 18.8 Å². The lowest BCUT2D eigenvalue weighted by atomic mass is 9.92. The Hall–Kier alpha value is -2.30. The summed E-state index contributed by atoms with van der Waals surface area (Å²) in [6.45, 7) is 17.1. The number of carbonyl (C=O) groups is 1. The van der Waals surface area contributed by atoms with Gasteiger partial charge in [-0.15, -0.1) is 0 Å². The second-order valence-corrected chi connectivity index (χ2v) is 8.21. The van der Waals surface area contributed by atoms with Gasteiger partial charge in [0.1, 0.15) is 0 Å². The fraction of sp³-hybridized carbons (Fsp3) is 0.545. The van der Waals surface area contributed by atoms with Crippen LogP contribution in [0.25, 0.3) is 0 Å². The van der Waals surface area contributed by atoms with Gasteiger partial charge in [-0.3, -0.25) is 9.48 Å². The lowest BCUT2D eigenvalue weighted by Crippen LogP contribution is -2.33. The van der Waals surface area contributed by atoms with Crippen LogP contribution in [0.4, 0.5) is 11.4 Å². The third kappa shape index (κ3) is 5.34. The molecular weight excluding hydrogens is 336 g/mol. The molecule has 1 aliphatic rings. The maximum atomic E-state index is 12.3. The van der Waals surface area contributed by atoms with Crippen LogP contribution in [0.15, 0.2) is 24.4 Å². The minimum atomic E-state index is -0.0113. The minimum absolute atomic E-state index is 0.0113. The fourth-order valence-electron chi connectivity index (χ4n) is 3.39. The van der Waals surface area contributed by atoms with Crippen molar-refractivity contribution in [2.75, 3.05) is 16.8 Å².